The molecule has 0 bridgehead atoms. The number of rotatable bonds is 7. The maximum atomic E-state index is 12.1. The van der Waals surface area contributed by atoms with Gasteiger partial charge in [-0.2, -0.15) is 0 Å². The van der Waals surface area contributed by atoms with Crippen molar-refractivity contribution in [2.24, 2.45) is 11.5 Å². The molecule has 1 aliphatic heterocycles. The van der Waals surface area contributed by atoms with E-state index in [0.717, 1.165) is 35.7 Å². The summed E-state index contributed by atoms with van der Waals surface area (Å²) in [7, 11) is 0. The third-order valence-corrected chi connectivity index (χ3v) is 5.99. The van der Waals surface area contributed by atoms with E-state index >= 15 is 0 Å². The summed E-state index contributed by atoms with van der Waals surface area (Å²) >= 11 is 0. The molecule has 0 unspecified atom stereocenters. The summed E-state index contributed by atoms with van der Waals surface area (Å²) in [6.07, 6.45) is 1.70. The molecule has 10 heteroatoms. The van der Waals surface area contributed by atoms with Crippen LogP contribution >= 0.6 is 0 Å². The summed E-state index contributed by atoms with van der Waals surface area (Å²) in [5.74, 6) is 0.249. The topological polar surface area (TPSA) is 142 Å². The van der Waals surface area contributed by atoms with Crippen LogP contribution in [0.25, 0.3) is 11.3 Å². The van der Waals surface area contributed by atoms with Crippen molar-refractivity contribution in [1.82, 2.24) is 14.9 Å². The van der Waals surface area contributed by atoms with Crippen LogP contribution in [0.1, 0.15) is 13.8 Å². The lowest BCUT2D eigenvalue weighted by molar-refractivity contribution is -0.132. The number of piperazine rings is 1. The van der Waals surface area contributed by atoms with Gasteiger partial charge in [-0.15, -0.1) is 0 Å². The number of hydrogen-bond donors (Lipinski definition) is 4. The molecule has 1 aromatic heterocycles. The Labute approximate surface area is 210 Å². The number of hydrogen-bond acceptors (Lipinski definition) is 8. The summed E-state index contributed by atoms with van der Waals surface area (Å²) in [6.45, 7) is 6.23. The fraction of sp³-hybridized carbons (Fsp3) is 0.308. The zero-order valence-corrected chi connectivity index (χ0v) is 20.5. The minimum absolute atomic E-state index is 0.000341. The minimum Gasteiger partial charge on any atom is -0.368 e. The van der Waals surface area contributed by atoms with Gasteiger partial charge in [0, 0.05) is 55.0 Å². The molecule has 1 aliphatic rings. The molecule has 6 N–H and O–H groups in total. The molecule has 4 rings (SSSR count). The Morgan fingerprint density at radius 1 is 0.861 bits per heavy atom. The lowest BCUT2D eigenvalue weighted by Crippen LogP contribution is -2.52. The van der Waals surface area contributed by atoms with Gasteiger partial charge in [-0.3, -0.25) is 9.59 Å². The number of carbonyl (C=O) groups is 2. The molecule has 188 valence electrons. The molecule has 1 saturated heterocycles. The highest BCUT2D eigenvalue weighted by Gasteiger charge is 2.23. The maximum absolute atomic E-state index is 12.1. The number of nitrogens with two attached hydrogens (primary N) is 2. The van der Waals surface area contributed by atoms with E-state index in [2.05, 4.69) is 25.5 Å². The van der Waals surface area contributed by atoms with Crippen LogP contribution in [0.4, 0.5) is 23.0 Å². The second kappa shape index (κ2) is 11.1. The van der Waals surface area contributed by atoms with Crippen LogP contribution in [0.2, 0.25) is 0 Å². The van der Waals surface area contributed by atoms with Crippen molar-refractivity contribution in [3.05, 3.63) is 60.8 Å². The summed E-state index contributed by atoms with van der Waals surface area (Å²) < 4.78 is 0. The lowest BCUT2D eigenvalue weighted by Gasteiger charge is -2.36. The molecule has 2 amide bonds. The molecule has 2 heterocycles. The molecule has 36 heavy (non-hydrogen) atoms. The van der Waals surface area contributed by atoms with Crippen molar-refractivity contribution < 1.29 is 9.59 Å². The second-order valence-electron chi connectivity index (χ2n) is 8.89. The van der Waals surface area contributed by atoms with Gasteiger partial charge in [0.25, 0.3) is 0 Å². The Kier molecular flexibility index (Phi) is 7.77. The number of nitrogens with zero attached hydrogens (tertiary/aromatic N) is 4. The number of benzene rings is 2. The standard InChI is InChI=1S/C26H32N8O2/c1-17(27)24(35)30-20-5-3-19(4-6-20)23-11-12-29-26(32-23)31-21-7-9-22(10-8-21)33-13-15-34(16-14-33)25(36)18(2)28/h3-12,17-18H,13-16,27-28H2,1-2H3,(H,30,35)(H,29,31,32)/t17-,18+/m1/s1. The van der Waals surface area contributed by atoms with Crippen molar-refractivity contribution in [3.8, 4) is 11.3 Å². The van der Waals surface area contributed by atoms with Gasteiger partial charge in [-0.05, 0) is 56.3 Å². The van der Waals surface area contributed by atoms with Gasteiger partial charge >= 0.3 is 0 Å². The predicted octanol–water partition coefficient (Wildman–Crippen LogP) is 2.17. The van der Waals surface area contributed by atoms with Gasteiger partial charge in [-0.25, -0.2) is 9.97 Å². The number of amides is 2. The first-order chi connectivity index (χ1) is 17.3. The third-order valence-electron chi connectivity index (χ3n) is 5.99. The van der Waals surface area contributed by atoms with E-state index in [1.54, 1.807) is 20.0 Å². The van der Waals surface area contributed by atoms with E-state index in [0.29, 0.717) is 24.7 Å². The van der Waals surface area contributed by atoms with Gasteiger partial charge < -0.3 is 31.9 Å². The van der Waals surface area contributed by atoms with E-state index in [9.17, 15) is 9.59 Å². The zero-order valence-electron chi connectivity index (χ0n) is 20.5. The average molecular weight is 489 g/mol. The average Bonchev–Trinajstić information content (AvgIpc) is 2.89. The summed E-state index contributed by atoms with van der Waals surface area (Å²) in [4.78, 5) is 36.9. The van der Waals surface area contributed by atoms with Crippen LogP contribution in [0.5, 0.6) is 0 Å². The molecule has 2 atom stereocenters. The van der Waals surface area contributed by atoms with Gasteiger partial charge in [0.1, 0.15) is 0 Å². The fourth-order valence-electron chi connectivity index (χ4n) is 3.92. The number of nitrogens with one attached hydrogen (secondary N) is 2. The number of aromatic nitrogens is 2. The van der Waals surface area contributed by atoms with Crippen LogP contribution in [0.3, 0.4) is 0 Å². The SMILES string of the molecule is C[C@H](N)C(=O)N1CCN(c2ccc(Nc3nccc(-c4ccc(NC(=O)[C@@H](C)N)cc4)n3)cc2)CC1. The van der Waals surface area contributed by atoms with E-state index in [4.69, 9.17) is 11.5 Å². The highest BCUT2D eigenvalue weighted by molar-refractivity contribution is 5.94. The van der Waals surface area contributed by atoms with Gasteiger partial charge in [0.2, 0.25) is 17.8 Å². The smallest absolute Gasteiger partial charge is 0.240 e. The van der Waals surface area contributed by atoms with Crippen molar-refractivity contribution in [1.29, 1.82) is 0 Å². The molecule has 2 aromatic carbocycles. The quantitative estimate of drug-likeness (QED) is 0.396. The Morgan fingerprint density at radius 3 is 2.11 bits per heavy atom. The van der Waals surface area contributed by atoms with Crippen LogP contribution in [-0.2, 0) is 9.59 Å². The fourth-order valence-corrected chi connectivity index (χ4v) is 3.92. The van der Waals surface area contributed by atoms with Crippen molar-refractivity contribution in [2.45, 2.75) is 25.9 Å². The minimum atomic E-state index is -0.574. The van der Waals surface area contributed by atoms with Crippen molar-refractivity contribution in [3.63, 3.8) is 0 Å². The van der Waals surface area contributed by atoms with Gasteiger partial charge in [0.05, 0.1) is 17.8 Å². The highest BCUT2D eigenvalue weighted by Crippen LogP contribution is 2.24. The first kappa shape index (κ1) is 25.1. The van der Waals surface area contributed by atoms with Crippen LogP contribution in [-0.4, -0.2) is 64.9 Å². The molecule has 0 aliphatic carbocycles. The zero-order chi connectivity index (χ0) is 25.7. The molecule has 1 fully saturated rings. The Hall–Kier alpha value is -4.02. The predicted molar refractivity (Wildman–Crippen MR) is 142 cm³/mol. The number of carbonyl (C=O) groups excluding carboxylic acids is 2. The molecule has 0 radical (unpaired) electrons. The molecule has 0 spiro atoms. The Bertz CT molecular complexity index is 1190. The van der Waals surface area contributed by atoms with Crippen LogP contribution < -0.4 is 27.0 Å². The summed E-state index contributed by atoms with van der Waals surface area (Å²) in [6, 6.07) is 16.3. The summed E-state index contributed by atoms with van der Waals surface area (Å²) in [5, 5.41) is 6.02. The Morgan fingerprint density at radius 2 is 1.50 bits per heavy atom. The molecule has 0 saturated carbocycles. The first-order valence-electron chi connectivity index (χ1n) is 12.0. The largest absolute Gasteiger partial charge is 0.368 e. The van der Waals surface area contributed by atoms with Crippen LogP contribution in [0, 0.1) is 0 Å². The second-order valence-corrected chi connectivity index (χ2v) is 8.89. The number of anilines is 4. The van der Waals surface area contributed by atoms with E-state index in [1.165, 1.54) is 0 Å². The van der Waals surface area contributed by atoms with Crippen LogP contribution in [0.15, 0.2) is 60.8 Å². The molecule has 10 nitrogen and oxygen atoms in total. The Balaban J connectivity index is 1.36. The molecular weight excluding hydrogens is 456 g/mol. The highest BCUT2D eigenvalue weighted by atomic mass is 16.2. The van der Waals surface area contributed by atoms with Crippen molar-refractivity contribution in [2.75, 3.05) is 41.7 Å². The van der Waals surface area contributed by atoms with E-state index < -0.39 is 12.1 Å². The maximum Gasteiger partial charge on any atom is 0.240 e. The van der Waals surface area contributed by atoms with Gasteiger partial charge in [-0.1, -0.05) is 12.1 Å². The van der Waals surface area contributed by atoms with Crippen molar-refractivity contribution >= 4 is 34.8 Å². The summed E-state index contributed by atoms with van der Waals surface area (Å²) in [5.41, 5.74) is 15.6. The van der Waals surface area contributed by atoms with E-state index in [-0.39, 0.29) is 11.8 Å². The molecule has 3 aromatic rings. The molecular formula is C26H32N8O2. The van der Waals surface area contributed by atoms with E-state index in [1.807, 2.05) is 59.5 Å². The lowest BCUT2D eigenvalue weighted by atomic mass is 10.1. The normalized spacial score (nSPS) is 15.2. The van der Waals surface area contributed by atoms with Gasteiger partial charge in [0.15, 0.2) is 0 Å². The first-order valence-corrected chi connectivity index (χ1v) is 12.0. The monoisotopic (exact) mass is 488 g/mol. The third kappa shape index (κ3) is 6.15.